The Labute approximate surface area is 130 Å². The Morgan fingerprint density at radius 1 is 1.32 bits per heavy atom. The van der Waals surface area contributed by atoms with Crippen molar-refractivity contribution in [2.24, 2.45) is 5.41 Å². The van der Waals surface area contributed by atoms with Crippen molar-refractivity contribution in [1.82, 2.24) is 10.8 Å². The summed E-state index contributed by atoms with van der Waals surface area (Å²) in [6.45, 7) is 7.50. The van der Waals surface area contributed by atoms with Crippen LogP contribution in [0.5, 0.6) is 5.75 Å². The van der Waals surface area contributed by atoms with E-state index in [0.717, 1.165) is 5.56 Å². The van der Waals surface area contributed by atoms with Gasteiger partial charge in [-0.1, -0.05) is 33.8 Å². The van der Waals surface area contributed by atoms with Crippen molar-refractivity contribution < 1.29 is 19.5 Å². The van der Waals surface area contributed by atoms with E-state index in [1.165, 1.54) is 13.2 Å². The first-order valence-corrected chi connectivity index (χ1v) is 7.17. The first kappa shape index (κ1) is 18.0. The molecule has 0 fully saturated rings. The molecule has 1 unspecified atom stereocenters. The lowest BCUT2D eigenvalue weighted by Gasteiger charge is -2.25. The lowest BCUT2D eigenvalue weighted by molar-refractivity contribution is -0.129. The van der Waals surface area contributed by atoms with Crippen molar-refractivity contribution in [3.8, 4) is 5.75 Å². The monoisotopic (exact) mass is 308 g/mol. The van der Waals surface area contributed by atoms with Gasteiger partial charge in [0.1, 0.15) is 5.75 Å². The van der Waals surface area contributed by atoms with Gasteiger partial charge in [0.25, 0.3) is 5.91 Å². The topological polar surface area (TPSA) is 87.7 Å². The largest absolute Gasteiger partial charge is 0.496 e. The van der Waals surface area contributed by atoms with E-state index in [2.05, 4.69) is 5.32 Å². The Morgan fingerprint density at radius 2 is 1.95 bits per heavy atom. The van der Waals surface area contributed by atoms with E-state index in [0.29, 0.717) is 12.2 Å². The molecule has 0 aromatic heterocycles. The summed E-state index contributed by atoms with van der Waals surface area (Å²) in [5, 5.41) is 11.7. The lowest BCUT2D eigenvalue weighted by Crippen LogP contribution is -2.37. The van der Waals surface area contributed by atoms with Gasteiger partial charge in [-0.2, -0.15) is 0 Å². The molecule has 6 nitrogen and oxygen atoms in total. The second kappa shape index (κ2) is 7.26. The summed E-state index contributed by atoms with van der Waals surface area (Å²) >= 11 is 0. The Kier molecular flexibility index (Phi) is 5.93. The van der Waals surface area contributed by atoms with Crippen LogP contribution in [0.2, 0.25) is 0 Å². The highest BCUT2D eigenvalue weighted by Crippen LogP contribution is 2.29. The molecule has 0 aliphatic heterocycles. The number of methoxy groups -OCH3 is 1. The van der Waals surface area contributed by atoms with Gasteiger partial charge >= 0.3 is 0 Å². The Hall–Kier alpha value is -2.08. The summed E-state index contributed by atoms with van der Waals surface area (Å²) in [7, 11) is 1.50. The average Bonchev–Trinajstić information content (AvgIpc) is 2.50. The van der Waals surface area contributed by atoms with Crippen LogP contribution in [0.3, 0.4) is 0 Å². The summed E-state index contributed by atoms with van der Waals surface area (Å²) < 4.78 is 5.32. The average molecular weight is 308 g/mol. The van der Waals surface area contributed by atoms with Crippen molar-refractivity contribution in [3.05, 3.63) is 29.3 Å². The number of ether oxygens (including phenoxy) is 1. The van der Waals surface area contributed by atoms with Crippen LogP contribution in [-0.2, 0) is 4.79 Å². The van der Waals surface area contributed by atoms with Gasteiger partial charge < -0.3 is 10.1 Å². The van der Waals surface area contributed by atoms with E-state index in [4.69, 9.17) is 9.94 Å². The SMILES string of the molecule is CCC(NC(=O)C(C)(C)C)c1ccc(C(=O)NO)cc1OC. The predicted octanol–water partition coefficient (Wildman–Crippen LogP) is 2.43. The van der Waals surface area contributed by atoms with Crippen LogP contribution in [0.1, 0.15) is 56.1 Å². The predicted molar refractivity (Wildman–Crippen MR) is 82.9 cm³/mol. The van der Waals surface area contributed by atoms with Crippen molar-refractivity contribution in [1.29, 1.82) is 0 Å². The van der Waals surface area contributed by atoms with Crippen LogP contribution in [0.4, 0.5) is 0 Å². The normalized spacial score (nSPS) is 12.5. The van der Waals surface area contributed by atoms with Gasteiger partial charge in [-0.3, -0.25) is 14.8 Å². The zero-order valence-electron chi connectivity index (χ0n) is 13.7. The van der Waals surface area contributed by atoms with Gasteiger partial charge in [-0.25, -0.2) is 5.48 Å². The van der Waals surface area contributed by atoms with Crippen LogP contribution in [0, 0.1) is 5.41 Å². The number of hydrogen-bond acceptors (Lipinski definition) is 4. The molecule has 0 saturated heterocycles. The molecule has 6 heteroatoms. The summed E-state index contributed by atoms with van der Waals surface area (Å²) in [6, 6.07) is 4.62. The first-order chi connectivity index (χ1) is 10.2. The minimum absolute atomic E-state index is 0.0569. The third-order valence-electron chi connectivity index (χ3n) is 3.37. The zero-order valence-corrected chi connectivity index (χ0v) is 13.7. The first-order valence-electron chi connectivity index (χ1n) is 7.17. The summed E-state index contributed by atoms with van der Waals surface area (Å²) in [6.07, 6.45) is 0.684. The van der Waals surface area contributed by atoms with Crippen molar-refractivity contribution in [2.75, 3.05) is 7.11 Å². The second-order valence-electron chi connectivity index (χ2n) is 6.08. The van der Waals surface area contributed by atoms with E-state index in [1.54, 1.807) is 17.6 Å². The van der Waals surface area contributed by atoms with E-state index >= 15 is 0 Å². The van der Waals surface area contributed by atoms with Gasteiger partial charge in [0.15, 0.2) is 0 Å². The van der Waals surface area contributed by atoms with Crippen LogP contribution < -0.4 is 15.5 Å². The van der Waals surface area contributed by atoms with E-state index in [-0.39, 0.29) is 17.5 Å². The molecule has 1 aromatic carbocycles. The van der Waals surface area contributed by atoms with Gasteiger partial charge in [0.2, 0.25) is 5.91 Å². The number of amides is 2. The van der Waals surface area contributed by atoms with Crippen molar-refractivity contribution >= 4 is 11.8 Å². The Balaban J connectivity index is 3.11. The molecule has 2 amide bonds. The highest BCUT2D eigenvalue weighted by molar-refractivity contribution is 5.93. The van der Waals surface area contributed by atoms with Crippen molar-refractivity contribution in [3.63, 3.8) is 0 Å². The smallest absolute Gasteiger partial charge is 0.274 e. The van der Waals surface area contributed by atoms with E-state index in [9.17, 15) is 9.59 Å². The van der Waals surface area contributed by atoms with Gasteiger partial charge in [0, 0.05) is 16.5 Å². The summed E-state index contributed by atoms with van der Waals surface area (Å²) in [4.78, 5) is 23.6. The maximum absolute atomic E-state index is 12.2. The fraction of sp³-hybridized carbons (Fsp3) is 0.500. The molecule has 3 N–H and O–H groups in total. The molecular formula is C16H24N2O4. The molecule has 1 aromatic rings. The van der Waals surface area contributed by atoms with Gasteiger partial charge in [-0.05, 0) is 18.6 Å². The number of hydroxylamine groups is 1. The van der Waals surface area contributed by atoms with Crippen LogP contribution >= 0.6 is 0 Å². The van der Waals surface area contributed by atoms with Crippen molar-refractivity contribution in [2.45, 2.75) is 40.2 Å². The molecular weight excluding hydrogens is 284 g/mol. The molecule has 1 atom stereocenters. The minimum atomic E-state index is -0.614. The maximum atomic E-state index is 12.2. The fourth-order valence-corrected chi connectivity index (χ4v) is 1.98. The highest BCUT2D eigenvalue weighted by Gasteiger charge is 2.25. The molecule has 22 heavy (non-hydrogen) atoms. The number of carbonyl (C=O) groups excluding carboxylic acids is 2. The molecule has 1 rings (SSSR count). The molecule has 0 saturated carbocycles. The molecule has 0 radical (unpaired) electrons. The van der Waals surface area contributed by atoms with Crippen LogP contribution in [-0.4, -0.2) is 24.1 Å². The molecule has 122 valence electrons. The fourth-order valence-electron chi connectivity index (χ4n) is 1.98. The number of carbonyl (C=O) groups is 2. The van der Waals surface area contributed by atoms with E-state index in [1.807, 2.05) is 27.7 Å². The summed E-state index contributed by atoms with van der Waals surface area (Å²) in [5.74, 6) is -0.183. The minimum Gasteiger partial charge on any atom is -0.496 e. The second-order valence-corrected chi connectivity index (χ2v) is 6.08. The van der Waals surface area contributed by atoms with Crippen LogP contribution in [0.25, 0.3) is 0 Å². The molecule has 0 aliphatic rings. The number of rotatable bonds is 5. The summed E-state index contributed by atoms with van der Waals surface area (Å²) in [5.41, 5.74) is 2.16. The standard InChI is InChI=1S/C16H24N2O4/c1-6-12(17-15(20)16(2,3)4)11-8-7-10(14(19)18-21)9-13(11)22-5/h7-9,12,21H,6H2,1-5H3,(H,17,20)(H,18,19). The highest BCUT2D eigenvalue weighted by atomic mass is 16.5. The number of benzene rings is 1. The van der Waals surface area contributed by atoms with Gasteiger partial charge in [0.05, 0.1) is 13.2 Å². The third kappa shape index (κ3) is 4.21. The molecule has 0 heterocycles. The molecule has 0 spiro atoms. The molecule has 0 bridgehead atoms. The Morgan fingerprint density at radius 3 is 2.41 bits per heavy atom. The third-order valence-corrected chi connectivity index (χ3v) is 3.37. The quantitative estimate of drug-likeness (QED) is 0.576. The zero-order chi connectivity index (χ0) is 16.9. The lowest BCUT2D eigenvalue weighted by atomic mass is 9.93. The van der Waals surface area contributed by atoms with E-state index < -0.39 is 11.3 Å². The van der Waals surface area contributed by atoms with Gasteiger partial charge in [-0.15, -0.1) is 0 Å². The number of hydrogen-bond donors (Lipinski definition) is 3. The number of nitrogens with one attached hydrogen (secondary N) is 2. The molecule has 0 aliphatic carbocycles. The Bertz CT molecular complexity index is 550. The maximum Gasteiger partial charge on any atom is 0.274 e. The van der Waals surface area contributed by atoms with Crippen LogP contribution in [0.15, 0.2) is 18.2 Å².